The summed E-state index contributed by atoms with van der Waals surface area (Å²) in [6, 6.07) is 6.35. The Balaban J connectivity index is 1.60. The minimum Gasteiger partial charge on any atom is -0.411 e. The number of rotatable bonds is 5. The summed E-state index contributed by atoms with van der Waals surface area (Å²) in [5.74, 6) is 1.08. The first kappa shape index (κ1) is 19.0. The second kappa shape index (κ2) is 8.25. The fourth-order valence-electron chi connectivity index (χ4n) is 3.28. The van der Waals surface area contributed by atoms with Crippen LogP contribution in [0, 0.1) is 19.8 Å². The van der Waals surface area contributed by atoms with Crippen molar-refractivity contribution in [3.8, 4) is 11.5 Å². The van der Waals surface area contributed by atoms with Crippen LogP contribution in [0.15, 0.2) is 27.8 Å². The van der Waals surface area contributed by atoms with Crippen molar-refractivity contribution in [2.45, 2.75) is 69.9 Å². The second-order valence-electron chi connectivity index (χ2n) is 7.31. The van der Waals surface area contributed by atoms with Crippen LogP contribution in [0.3, 0.4) is 0 Å². The summed E-state index contributed by atoms with van der Waals surface area (Å²) < 4.78 is 5.76. The standard InChI is InChI=1S/C20H27N3O2S/c1-12-9-10-16(11-14(12)3)19-22-23-20(25-19)26-15(4)18(24)21-17-8-6-5-7-13(17)2/h9-11,13,15,17H,5-8H2,1-4H3,(H,21,24)/t13-,15-,17-/m0/s1. The molecular formula is C20H27N3O2S. The fourth-order valence-corrected chi connectivity index (χ4v) is 3.98. The van der Waals surface area contributed by atoms with Crippen molar-refractivity contribution in [2.75, 3.05) is 0 Å². The summed E-state index contributed by atoms with van der Waals surface area (Å²) in [6.45, 7) is 8.23. The van der Waals surface area contributed by atoms with Crippen molar-refractivity contribution in [2.24, 2.45) is 5.92 Å². The zero-order valence-electron chi connectivity index (χ0n) is 15.9. The predicted molar refractivity (Wildman–Crippen MR) is 104 cm³/mol. The first-order valence-electron chi connectivity index (χ1n) is 9.32. The third-order valence-corrected chi connectivity index (χ3v) is 6.18. The Hall–Kier alpha value is -1.82. The van der Waals surface area contributed by atoms with Crippen molar-refractivity contribution in [3.05, 3.63) is 29.3 Å². The Morgan fingerprint density at radius 2 is 2.00 bits per heavy atom. The van der Waals surface area contributed by atoms with E-state index in [0.717, 1.165) is 12.0 Å². The van der Waals surface area contributed by atoms with Gasteiger partial charge in [-0.2, -0.15) is 0 Å². The van der Waals surface area contributed by atoms with Gasteiger partial charge >= 0.3 is 0 Å². The van der Waals surface area contributed by atoms with Crippen molar-refractivity contribution in [3.63, 3.8) is 0 Å². The third-order valence-electron chi connectivity index (χ3n) is 5.25. The molecule has 1 heterocycles. The maximum absolute atomic E-state index is 12.5. The van der Waals surface area contributed by atoms with Gasteiger partial charge in [-0.1, -0.05) is 37.6 Å². The summed E-state index contributed by atoms with van der Waals surface area (Å²) >= 11 is 1.31. The number of thioether (sulfide) groups is 1. The normalized spacial score (nSPS) is 21.4. The highest BCUT2D eigenvalue weighted by Gasteiger charge is 2.26. The lowest BCUT2D eigenvalue weighted by molar-refractivity contribution is -0.121. The number of hydrogen-bond donors (Lipinski definition) is 1. The Labute approximate surface area is 159 Å². The van der Waals surface area contributed by atoms with Gasteiger partial charge in [0.05, 0.1) is 5.25 Å². The molecule has 1 fully saturated rings. The SMILES string of the molecule is Cc1ccc(-c2nnc(S[C@@H](C)C(=O)N[C@H]3CCCC[C@@H]3C)o2)cc1C. The number of benzene rings is 1. The van der Waals surface area contributed by atoms with Gasteiger partial charge in [-0.3, -0.25) is 4.79 Å². The van der Waals surface area contributed by atoms with E-state index in [1.165, 1.54) is 42.2 Å². The maximum Gasteiger partial charge on any atom is 0.277 e. The molecule has 26 heavy (non-hydrogen) atoms. The molecule has 0 bridgehead atoms. The van der Waals surface area contributed by atoms with E-state index < -0.39 is 0 Å². The van der Waals surface area contributed by atoms with Crippen LogP contribution in [0.25, 0.3) is 11.5 Å². The van der Waals surface area contributed by atoms with Gasteiger partial charge in [-0.05, 0) is 62.8 Å². The molecule has 0 spiro atoms. The smallest absolute Gasteiger partial charge is 0.277 e. The molecular weight excluding hydrogens is 346 g/mol. The zero-order chi connectivity index (χ0) is 18.7. The summed E-state index contributed by atoms with van der Waals surface area (Å²) in [4.78, 5) is 12.5. The van der Waals surface area contributed by atoms with Crippen LogP contribution in [0.1, 0.15) is 50.7 Å². The fraction of sp³-hybridized carbons (Fsp3) is 0.550. The summed E-state index contributed by atoms with van der Waals surface area (Å²) in [5.41, 5.74) is 3.31. The van der Waals surface area contributed by atoms with Gasteiger partial charge in [0.25, 0.3) is 5.22 Å². The molecule has 1 saturated carbocycles. The first-order valence-corrected chi connectivity index (χ1v) is 10.2. The highest BCUT2D eigenvalue weighted by molar-refractivity contribution is 8.00. The van der Waals surface area contributed by atoms with Crippen LogP contribution in [-0.2, 0) is 4.79 Å². The van der Waals surface area contributed by atoms with Crippen LogP contribution in [0.5, 0.6) is 0 Å². The Morgan fingerprint density at radius 3 is 2.73 bits per heavy atom. The number of nitrogens with one attached hydrogen (secondary N) is 1. The lowest BCUT2D eigenvalue weighted by Crippen LogP contribution is -2.44. The molecule has 0 unspecified atom stereocenters. The number of carbonyl (C=O) groups is 1. The van der Waals surface area contributed by atoms with E-state index in [-0.39, 0.29) is 17.2 Å². The average Bonchev–Trinajstić information content (AvgIpc) is 3.07. The number of amides is 1. The zero-order valence-corrected chi connectivity index (χ0v) is 16.7. The van der Waals surface area contributed by atoms with E-state index in [4.69, 9.17) is 4.42 Å². The van der Waals surface area contributed by atoms with E-state index in [1.54, 1.807) is 0 Å². The van der Waals surface area contributed by atoms with Gasteiger partial charge < -0.3 is 9.73 Å². The molecule has 1 aromatic carbocycles. The minimum absolute atomic E-state index is 0.0414. The van der Waals surface area contributed by atoms with Gasteiger partial charge in [0.2, 0.25) is 11.8 Å². The van der Waals surface area contributed by atoms with E-state index in [0.29, 0.717) is 17.0 Å². The molecule has 0 aliphatic heterocycles. The summed E-state index contributed by atoms with van der Waals surface area (Å²) in [5, 5.41) is 11.6. The van der Waals surface area contributed by atoms with Crippen LogP contribution in [-0.4, -0.2) is 27.4 Å². The molecule has 6 heteroatoms. The molecule has 1 aromatic heterocycles. The molecule has 5 nitrogen and oxygen atoms in total. The number of hydrogen-bond acceptors (Lipinski definition) is 5. The Kier molecular flexibility index (Phi) is 6.01. The number of aromatic nitrogens is 2. The molecule has 140 valence electrons. The quantitative estimate of drug-likeness (QED) is 0.780. The van der Waals surface area contributed by atoms with Gasteiger partial charge in [0, 0.05) is 11.6 Å². The third kappa shape index (κ3) is 4.47. The summed E-state index contributed by atoms with van der Waals surface area (Å²) in [6.07, 6.45) is 4.72. The predicted octanol–water partition coefficient (Wildman–Crippen LogP) is 4.53. The maximum atomic E-state index is 12.5. The Morgan fingerprint density at radius 1 is 1.23 bits per heavy atom. The Bertz CT molecular complexity index is 774. The molecule has 2 aromatic rings. The summed E-state index contributed by atoms with van der Waals surface area (Å²) in [7, 11) is 0. The van der Waals surface area contributed by atoms with Gasteiger partial charge in [0.15, 0.2) is 0 Å². The first-order chi connectivity index (χ1) is 12.4. The molecule has 1 aliphatic rings. The average molecular weight is 374 g/mol. The van der Waals surface area contributed by atoms with Crippen molar-refractivity contribution in [1.29, 1.82) is 0 Å². The van der Waals surface area contributed by atoms with Crippen molar-refractivity contribution < 1.29 is 9.21 Å². The van der Waals surface area contributed by atoms with Gasteiger partial charge in [0.1, 0.15) is 0 Å². The van der Waals surface area contributed by atoms with Crippen molar-refractivity contribution >= 4 is 17.7 Å². The molecule has 1 amide bonds. The number of nitrogens with zero attached hydrogens (tertiary/aromatic N) is 2. The highest BCUT2D eigenvalue weighted by Crippen LogP contribution is 2.28. The molecule has 1 aliphatic carbocycles. The lowest BCUT2D eigenvalue weighted by Gasteiger charge is -2.30. The lowest BCUT2D eigenvalue weighted by atomic mass is 9.86. The molecule has 1 N–H and O–H groups in total. The molecule has 3 rings (SSSR count). The van der Waals surface area contributed by atoms with Gasteiger partial charge in [-0.15, -0.1) is 10.2 Å². The van der Waals surface area contributed by atoms with Gasteiger partial charge in [-0.25, -0.2) is 0 Å². The van der Waals surface area contributed by atoms with E-state index in [9.17, 15) is 4.79 Å². The van der Waals surface area contributed by atoms with E-state index in [1.807, 2.05) is 25.1 Å². The minimum atomic E-state index is -0.266. The molecule has 0 radical (unpaired) electrons. The largest absolute Gasteiger partial charge is 0.411 e. The van der Waals surface area contributed by atoms with Crippen molar-refractivity contribution in [1.82, 2.24) is 15.5 Å². The van der Waals surface area contributed by atoms with Crippen LogP contribution < -0.4 is 5.32 Å². The molecule has 3 atom stereocenters. The second-order valence-corrected chi connectivity index (χ2v) is 8.60. The molecule has 0 saturated heterocycles. The highest BCUT2D eigenvalue weighted by atomic mass is 32.2. The van der Waals surface area contributed by atoms with E-state index in [2.05, 4.69) is 36.3 Å². The van der Waals surface area contributed by atoms with E-state index >= 15 is 0 Å². The van der Waals surface area contributed by atoms with Crippen LogP contribution >= 0.6 is 11.8 Å². The van der Waals surface area contributed by atoms with Crippen LogP contribution in [0.4, 0.5) is 0 Å². The number of aryl methyl sites for hydroxylation is 2. The number of carbonyl (C=O) groups excluding carboxylic acids is 1. The van der Waals surface area contributed by atoms with Crippen LogP contribution in [0.2, 0.25) is 0 Å². The topological polar surface area (TPSA) is 68.0 Å². The monoisotopic (exact) mass is 373 g/mol.